The summed E-state index contributed by atoms with van der Waals surface area (Å²) in [5.74, 6) is 0.629. The van der Waals surface area contributed by atoms with Gasteiger partial charge in [0.05, 0.1) is 6.61 Å². The number of carbonyl (C=O) groups excluding carboxylic acids is 1. The van der Waals surface area contributed by atoms with Crippen LogP contribution in [-0.4, -0.2) is 34.7 Å². The molecule has 1 aromatic heterocycles. The smallest absolute Gasteiger partial charge is 0.284 e. The van der Waals surface area contributed by atoms with Crippen molar-refractivity contribution < 1.29 is 9.53 Å². The molecule has 0 saturated heterocycles. The Bertz CT molecular complexity index is 586. The molecule has 1 aromatic carbocycles. The van der Waals surface area contributed by atoms with E-state index >= 15 is 0 Å². The van der Waals surface area contributed by atoms with Crippen molar-refractivity contribution in [1.82, 2.24) is 15.1 Å². The van der Waals surface area contributed by atoms with E-state index in [2.05, 4.69) is 10.2 Å². The van der Waals surface area contributed by atoms with Gasteiger partial charge < -0.3 is 9.64 Å². The zero-order valence-corrected chi connectivity index (χ0v) is 12.7. The summed E-state index contributed by atoms with van der Waals surface area (Å²) in [5, 5.41) is 7.67. The minimum absolute atomic E-state index is 0.191. The number of aromatic nitrogens is 2. The lowest BCUT2D eigenvalue weighted by Gasteiger charge is -2.15. The van der Waals surface area contributed by atoms with Crippen molar-refractivity contribution in [1.29, 1.82) is 0 Å². The van der Waals surface area contributed by atoms with Crippen LogP contribution in [0.1, 0.15) is 22.3 Å². The molecule has 0 spiro atoms. The predicted molar refractivity (Wildman–Crippen MR) is 78.3 cm³/mol. The molecule has 0 aliphatic heterocycles. The first-order valence-corrected chi connectivity index (χ1v) is 7.25. The number of carbonyl (C=O) groups is 1. The standard InChI is InChI=1S/C13H14ClN3O2S/c1-3-19-10-6-4-9(5-7-10)8-17(2)12(18)11-15-16-13(14)20-11/h4-7H,3,8H2,1-2H3. The number of benzene rings is 1. The molecule has 2 rings (SSSR count). The fourth-order valence-corrected chi connectivity index (χ4v) is 2.48. The zero-order valence-electron chi connectivity index (χ0n) is 11.2. The quantitative estimate of drug-likeness (QED) is 0.852. The summed E-state index contributed by atoms with van der Waals surface area (Å²) in [4.78, 5) is 13.7. The molecular formula is C13H14ClN3O2S. The molecule has 20 heavy (non-hydrogen) atoms. The first-order valence-electron chi connectivity index (χ1n) is 6.06. The number of nitrogens with zero attached hydrogens (tertiary/aromatic N) is 3. The molecule has 0 aliphatic carbocycles. The Morgan fingerprint density at radius 1 is 1.35 bits per heavy atom. The zero-order chi connectivity index (χ0) is 14.5. The Kier molecular flexibility index (Phi) is 4.92. The van der Waals surface area contributed by atoms with E-state index in [0.29, 0.717) is 18.2 Å². The molecule has 7 heteroatoms. The molecule has 0 fully saturated rings. The minimum Gasteiger partial charge on any atom is -0.494 e. The number of rotatable bonds is 5. The SMILES string of the molecule is CCOc1ccc(CN(C)C(=O)c2nnc(Cl)s2)cc1. The molecule has 2 aromatic rings. The van der Waals surface area contributed by atoms with Crippen LogP contribution >= 0.6 is 22.9 Å². The summed E-state index contributed by atoms with van der Waals surface area (Å²) in [6.07, 6.45) is 0. The predicted octanol–water partition coefficient (Wildman–Crippen LogP) is 2.86. The van der Waals surface area contributed by atoms with Crippen molar-refractivity contribution in [2.45, 2.75) is 13.5 Å². The summed E-state index contributed by atoms with van der Waals surface area (Å²) in [7, 11) is 1.72. The highest BCUT2D eigenvalue weighted by Gasteiger charge is 2.16. The molecule has 1 heterocycles. The fourth-order valence-electron chi connectivity index (χ4n) is 1.66. The van der Waals surface area contributed by atoms with Gasteiger partial charge in [0.25, 0.3) is 5.91 Å². The lowest BCUT2D eigenvalue weighted by atomic mass is 10.2. The fraction of sp³-hybridized carbons (Fsp3) is 0.308. The first-order chi connectivity index (χ1) is 9.60. The number of amides is 1. The molecular weight excluding hydrogens is 298 g/mol. The van der Waals surface area contributed by atoms with Crippen LogP contribution in [0, 0.1) is 0 Å². The molecule has 0 aliphatic rings. The second kappa shape index (κ2) is 6.67. The Labute approximate surface area is 126 Å². The summed E-state index contributed by atoms with van der Waals surface area (Å²) in [5.41, 5.74) is 1.01. The van der Waals surface area contributed by atoms with Crippen LogP contribution in [0.25, 0.3) is 0 Å². The van der Waals surface area contributed by atoms with Gasteiger partial charge in [-0.15, -0.1) is 10.2 Å². The van der Waals surface area contributed by atoms with Crippen molar-refractivity contribution in [2.75, 3.05) is 13.7 Å². The van der Waals surface area contributed by atoms with Gasteiger partial charge in [0.1, 0.15) is 5.75 Å². The number of halogens is 1. The average Bonchev–Trinajstić information content (AvgIpc) is 2.87. The van der Waals surface area contributed by atoms with Crippen LogP contribution in [-0.2, 0) is 6.54 Å². The molecule has 106 valence electrons. The third kappa shape index (κ3) is 3.68. The van der Waals surface area contributed by atoms with Gasteiger partial charge >= 0.3 is 0 Å². The van der Waals surface area contributed by atoms with E-state index in [1.165, 1.54) is 0 Å². The molecule has 0 N–H and O–H groups in total. The van der Waals surface area contributed by atoms with E-state index in [1.807, 2.05) is 31.2 Å². The lowest BCUT2D eigenvalue weighted by Crippen LogP contribution is -2.26. The van der Waals surface area contributed by atoms with Gasteiger partial charge in [-0.2, -0.15) is 0 Å². The van der Waals surface area contributed by atoms with Gasteiger partial charge in [-0.05, 0) is 36.2 Å². The molecule has 0 atom stereocenters. The summed E-state index contributed by atoms with van der Waals surface area (Å²) < 4.78 is 5.64. The van der Waals surface area contributed by atoms with Crippen molar-refractivity contribution >= 4 is 28.8 Å². The highest BCUT2D eigenvalue weighted by atomic mass is 35.5. The van der Waals surface area contributed by atoms with E-state index in [4.69, 9.17) is 16.3 Å². The topological polar surface area (TPSA) is 55.3 Å². The second-order valence-corrected chi connectivity index (χ2v) is 5.66. The van der Waals surface area contributed by atoms with Crippen LogP contribution in [0.3, 0.4) is 0 Å². The molecule has 0 unspecified atom stereocenters. The Hall–Kier alpha value is -1.66. The van der Waals surface area contributed by atoms with E-state index in [9.17, 15) is 4.79 Å². The Balaban J connectivity index is 2.00. The van der Waals surface area contributed by atoms with Crippen molar-refractivity contribution in [2.24, 2.45) is 0 Å². The third-order valence-corrected chi connectivity index (χ3v) is 3.59. The Morgan fingerprint density at radius 3 is 2.60 bits per heavy atom. The highest BCUT2D eigenvalue weighted by molar-refractivity contribution is 7.17. The maximum absolute atomic E-state index is 12.1. The summed E-state index contributed by atoms with van der Waals surface area (Å²) in [6.45, 7) is 3.06. The van der Waals surface area contributed by atoms with Gasteiger partial charge in [-0.3, -0.25) is 4.79 Å². The average molecular weight is 312 g/mol. The Morgan fingerprint density at radius 2 is 2.05 bits per heavy atom. The molecule has 0 bridgehead atoms. The second-order valence-electron chi connectivity index (χ2n) is 4.10. The molecule has 1 amide bonds. The number of hydrogen-bond acceptors (Lipinski definition) is 5. The van der Waals surface area contributed by atoms with E-state index < -0.39 is 0 Å². The van der Waals surface area contributed by atoms with Gasteiger partial charge in [0.2, 0.25) is 9.47 Å². The highest BCUT2D eigenvalue weighted by Crippen LogP contribution is 2.18. The van der Waals surface area contributed by atoms with Crippen LogP contribution in [0.15, 0.2) is 24.3 Å². The number of hydrogen-bond donors (Lipinski definition) is 0. The monoisotopic (exact) mass is 311 g/mol. The summed E-state index contributed by atoms with van der Waals surface area (Å²) >= 11 is 6.75. The number of ether oxygens (including phenoxy) is 1. The molecule has 0 saturated carbocycles. The van der Waals surface area contributed by atoms with Crippen molar-refractivity contribution in [3.8, 4) is 5.75 Å². The van der Waals surface area contributed by atoms with Crippen LogP contribution in [0.2, 0.25) is 4.47 Å². The van der Waals surface area contributed by atoms with Crippen molar-refractivity contribution in [3.05, 3.63) is 39.3 Å². The minimum atomic E-state index is -0.191. The van der Waals surface area contributed by atoms with E-state index in [0.717, 1.165) is 22.6 Å². The third-order valence-electron chi connectivity index (χ3n) is 2.58. The van der Waals surface area contributed by atoms with Gasteiger partial charge in [0.15, 0.2) is 0 Å². The van der Waals surface area contributed by atoms with E-state index in [1.54, 1.807) is 11.9 Å². The first kappa shape index (κ1) is 14.7. The molecule has 5 nitrogen and oxygen atoms in total. The van der Waals surface area contributed by atoms with Gasteiger partial charge in [-0.25, -0.2) is 0 Å². The van der Waals surface area contributed by atoms with Crippen LogP contribution < -0.4 is 4.74 Å². The van der Waals surface area contributed by atoms with Gasteiger partial charge in [0, 0.05) is 13.6 Å². The van der Waals surface area contributed by atoms with E-state index in [-0.39, 0.29) is 10.4 Å². The van der Waals surface area contributed by atoms with Crippen LogP contribution in [0.4, 0.5) is 0 Å². The maximum atomic E-state index is 12.1. The normalized spacial score (nSPS) is 10.3. The van der Waals surface area contributed by atoms with Gasteiger partial charge in [-0.1, -0.05) is 23.5 Å². The largest absolute Gasteiger partial charge is 0.494 e. The van der Waals surface area contributed by atoms with Crippen LogP contribution in [0.5, 0.6) is 5.75 Å². The van der Waals surface area contributed by atoms with Crippen molar-refractivity contribution in [3.63, 3.8) is 0 Å². The molecule has 0 radical (unpaired) electrons. The lowest BCUT2D eigenvalue weighted by molar-refractivity contribution is 0.0784. The maximum Gasteiger partial charge on any atom is 0.284 e. The summed E-state index contributed by atoms with van der Waals surface area (Å²) in [6, 6.07) is 7.64.